The number of benzene rings is 1. The first-order chi connectivity index (χ1) is 11.7. The van der Waals surface area contributed by atoms with Crippen LogP contribution in [0, 0.1) is 0 Å². The zero-order valence-electron chi connectivity index (χ0n) is 13.8. The van der Waals surface area contributed by atoms with E-state index in [2.05, 4.69) is 5.32 Å². The van der Waals surface area contributed by atoms with Crippen molar-refractivity contribution in [2.24, 2.45) is 0 Å². The van der Waals surface area contributed by atoms with Crippen molar-refractivity contribution in [1.82, 2.24) is 10.2 Å². The molecule has 0 atom stereocenters. The summed E-state index contributed by atoms with van der Waals surface area (Å²) in [6.07, 6.45) is 1.24. The summed E-state index contributed by atoms with van der Waals surface area (Å²) in [5, 5.41) is 12.0. The van der Waals surface area contributed by atoms with Crippen LogP contribution in [-0.4, -0.2) is 61.2 Å². The van der Waals surface area contributed by atoms with Gasteiger partial charge in [0.25, 0.3) is 0 Å². The molecule has 25 heavy (non-hydrogen) atoms. The highest BCUT2D eigenvalue weighted by Gasteiger charge is 2.35. The summed E-state index contributed by atoms with van der Waals surface area (Å²) in [4.78, 5) is 24.7. The Hall–Kier alpha value is -1.64. The van der Waals surface area contributed by atoms with Crippen molar-refractivity contribution >= 4 is 33.3 Å². The molecular formula is C16H21ClN2O5S. The number of sulfone groups is 1. The van der Waals surface area contributed by atoms with Gasteiger partial charge in [0, 0.05) is 17.1 Å². The standard InChI is InChI=1S/C16H21ClN2O5S/c1-2-19(9-16(21)22)13-7-12(8-13)18-15(20)10-25(23,24)14-5-3-11(17)4-6-14/h3-6,12-13H,2,7-10H2,1H3,(H,18,20)(H,21,22). The van der Waals surface area contributed by atoms with Crippen molar-refractivity contribution in [1.29, 1.82) is 0 Å². The minimum absolute atomic E-state index is 0.0349. The van der Waals surface area contributed by atoms with Crippen molar-refractivity contribution in [3.05, 3.63) is 29.3 Å². The molecule has 7 nitrogen and oxygen atoms in total. The van der Waals surface area contributed by atoms with E-state index in [1.807, 2.05) is 11.8 Å². The molecule has 2 rings (SSSR count). The number of carbonyl (C=O) groups excluding carboxylic acids is 1. The smallest absolute Gasteiger partial charge is 0.317 e. The minimum Gasteiger partial charge on any atom is -0.480 e. The van der Waals surface area contributed by atoms with Crippen LogP contribution in [0.15, 0.2) is 29.2 Å². The van der Waals surface area contributed by atoms with E-state index < -0.39 is 27.5 Å². The molecule has 1 aromatic carbocycles. The van der Waals surface area contributed by atoms with E-state index in [9.17, 15) is 18.0 Å². The van der Waals surface area contributed by atoms with Crippen LogP contribution in [0.5, 0.6) is 0 Å². The number of likely N-dealkylation sites (N-methyl/N-ethyl adjacent to an activating group) is 1. The number of amides is 1. The molecule has 1 saturated carbocycles. The maximum absolute atomic E-state index is 12.2. The van der Waals surface area contributed by atoms with Gasteiger partial charge in [0.15, 0.2) is 9.84 Å². The first-order valence-electron chi connectivity index (χ1n) is 7.94. The van der Waals surface area contributed by atoms with Crippen molar-refractivity contribution in [3.63, 3.8) is 0 Å². The monoisotopic (exact) mass is 388 g/mol. The summed E-state index contributed by atoms with van der Waals surface area (Å²) in [7, 11) is -3.72. The second kappa shape index (κ2) is 8.16. The zero-order valence-corrected chi connectivity index (χ0v) is 15.4. The highest BCUT2D eigenvalue weighted by Crippen LogP contribution is 2.25. The number of hydrogen-bond acceptors (Lipinski definition) is 5. The summed E-state index contributed by atoms with van der Waals surface area (Å²) < 4.78 is 24.4. The summed E-state index contributed by atoms with van der Waals surface area (Å²) in [5.41, 5.74) is 0. The fraction of sp³-hybridized carbons (Fsp3) is 0.500. The quantitative estimate of drug-likeness (QED) is 0.692. The lowest BCUT2D eigenvalue weighted by Crippen LogP contribution is -2.55. The molecule has 0 aromatic heterocycles. The third-order valence-corrected chi connectivity index (χ3v) is 6.12. The lowest BCUT2D eigenvalue weighted by Gasteiger charge is -2.42. The molecule has 1 fully saturated rings. The number of carboxylic acids is 1. The number of nitrogens with one attached hydrogen (secondary N) is 1. The Bertz CT molecular complexity index is 729. The van der Waals surface area contributed by atoms with Crippen LogP contribution in [0.2, 0.25) is 5.02 Å². The molecule has 0 aliphatic heterocycles. The van der Waals surface area contributed by atoms with E-state index in [1.165, 1.54) is 24.3 Å². The predicted molar refractivity (Wildman–Crippen MR) is 93.3 cm³/mol. The Balaban J connectivity index is 1.84. The van der Waals surface area contributed by atoms with Gasteiger partial charge in [-0.25, -0.2) is 8.42 Å². The van der Waals surface area contributed by atoms with Crippen molar-refractivity contribution in [2.45, 2.75) is 36.7 Å². The topological polar surface area (TPSA) is 104 Å². The number of rotatable bonds is 8. The average Bonchev–Trinajstić information content (AvgIpc) is 2.48. The Morgan fingerprint density at radius 3 is 2.40 bits per heavy atom. The average molecular weight is 389 g/mol. The fourth-order valence-corrected chi connectivity index (χ4v) is 4.12. The molecule has 138 valence electrons. The van der Waals surface area contributed by atoms with E-state index in [0.717, 1.165) is 0 Å². The van der Waals surface area contributed by atoms with Gasteiger partial charge in [-0.3, -0.25) is 14.5 Å². The van der Waals surface area contributed by atoms with Crippen LogP contribution >= 0.6 is 11.6 Å². The van der Waals surface area contributed by atoms with E-state index in [-0.39, 0.29) is 23.5 Å². The molecule has 0 saturated heterocycles. The van der Waals surface area contributed by atoms with Gasteiger partial charge in [0.05, 0.1) is 11.4 Å². The largest absolute Gasteiger partial charge is 0.480 e. The number of nitrogens with zero attached hydrogens (tertiary/aromatic N) is 1. The summed E-state index contributed by atoms with van der Waals surface area (Å²) in [6, 6.07) is 5.64. The Kier molecular flexibility index (Phi) is 6.42. The Morgan fingerprint density at radius 1 is 1.28 bits per heavy atom. The summed E-state index contributed by atoms with van der Waals surface area (Å²) in [6.45, 7) is 2.46. The lowest BCUT2D eigenvalue weighted by atomic mass is 9.85. The van der Waals surface area contributed by atoms with Gasteiger partial charge in [-0.15, -0.1) is 0 Å². The van der Waals surface area contributed by atoms with Gasteiger partial charge in [-0.1, -0.05) is 18.5 Å². The van der Waals surface area contributed by atoms with E-state index in [0.29, 0.717) is 24.4 Å². The van der Waals surface area contributed by atoms with Crippen LogP contribution in [0.1, 0.15) is 19.8 Å². The molecule has 1 aliphatic carbocycles. The van der Waals surface area contributed by atoms with Crippen LogP contribution in [-0.2, 0) is 19.4 Å². The molecule has 1 aromatic rings. The molecule has 0 radical (unpaired) electrons. The maximum Gasteiger partial charge on any atom is 0.317 e. The van der Waals surface area contributed by atoms with Crippen molar-refractivity contribution in [3.8, 4) is 0 Å². The first kappa shape index (κ1) is 19.7. The van der Waals surface area contributed by atoms with Gasteiger partial charge < -0.3 is 10.4 Å². The van der Waals surface area contributed by atoms with Gasteiger partial charge in [-0.2, -0.15) is 0 Å². The molecule has 0 heterocycles. The van der Waals surface area contributed by atoms with E-state index >= 15 is 0 Å². The SMILES string of the molecule is CCN(CC(=O)O)C1CC(NC(=O)CS(=O)(=O)c2ccc(Cl)cc2)C1. The summed E-state index contributed by atoms with van der Waals surface area (Å²) >= 11 is 5.73. The highest BCUT2D eigenvalue weighted by molar-refractivity contribution is 7.92. The second-order valence-corrected chi connectivity index (χ2v) is 8.49. The minimum atomic E-state index is -3.72. The lowest BCUT2D eigenvalue weighted by molar-refractivity contribution is -0.139. The van der Waals surface area contributed by atoms with Gasteiger partial charge in [0.2, 0.25) is 5.91 Å². The predicted octanol–water partition coefficient (Wildman–Crippen LogP) is 1.17. The third kappa shape index (κ3) is 5.42. The van der Waals surface area contributed by atoms with E-state index in [1.54, 1.807) is 0 Å². The summed E-state index contributed by atoms with van der Waals surface area (Å²) in [5.74, 6) is -2.06. The van der Waals surface area contributed by atoms with Gasteiger partial charge in [0.1, 0.15) is 5.75 Å². The second-order valence-electron chi connectivity index (χ2n) is 6.06. The molecule has 0 unspecified atom stereocenters. The molecular weight excluding hydrogens is 368 g/mol. The van der Waals surface area contributed by atoms with Crippen molar-refractivity contribution in [2.75, 3.05) is 18.8 Å². The Labute approximate surface area is 151 Å². The highest BCUT2D eigenvalue weighted by atomic mass is 35.5. The first-order valence-corrected chi connectivity index (χ1v) is 9.98. The fourth-order valence-electron chi connectivity index (χ4n) is 2.84. The molecule has 0 bridgehead atoms. The van der Waals surface area contributed by atoms with Crippen LogP contribution < -0.4 is 5.32 Å². The number of aliphatic carboxylic acids is 1. The number of carboxylic acid groups (broad SMARTS) is 1. The maximum atomic E-state index is 12.2. The third-order valence-electron chi connectivity index (χ3n) is 4.23. The molecule has 9 heteroatoms. The van der Waals surface area contributed by atoms with E-state index in [4.69, 9.17) is 16.7 Å². The Morgan fingerprint density at radius 2 is 1.88 bits per heavy atom. The molecule has 1 amide bonds. The molecule has 1 aliphatic rings. The van der Waals surface area contributed by atoms with Crippen LogP contribution in [0.25, 0.3) is 0 Å². The van der Waals surface area contributed by atoms with Gasteiger partial charge >= 0.3 is 5.97 Å². The molecule has 2 N–H and O–H groups in total. The normalized spacial score (nSPS) is 20.1. The van der Waals surface area contributed by atoms with Crippen LogP contribution in [0.3, 0.4) is 0 Å². The number of carbonyl (C=O) groups is 2. The number of hydrogen-bond donors (Lipinski definition) is 2. The zero-order chi connectivity index (χ0) is 18.6. The number of halogens is 1. The molecule has 0 spiro atoms. The van der Waals surface area contributed by atoms with Gasteiger partial charge in [-0.05, 0) is 43.7 Å². The van der Waals surface area contributed by atoms with Crippen molar-refractivity contribution < 1.29 is 23.1 Å². The van der Waals surface area contributed by atoms with Crippen LogP contribution in [0.4, 0.5) is 0 Å².